The summed E-state index contributed by atoms with van der Waals surface area (Å²) in [6, 6.07) is 35.7. The van der Waals surface area contributed by atoms with Crippen molar-refractivity contribution in [1.82, 2.24) is 14.5 Å². The van der Waals surface area contributed by atoms with Gasteiger partial charge in [-0.15, -0.1) is 0 Å². The van der Waals surface area contributed by atoms with Crippen molar-refractivity contribution in [2.45, 2.75) is 13.2 Å². The number of hydrogen-bond acceptors (Lipinski definition) is 2. The Labute approximate surface area is 222 Å². The van der Waals surface area contributed by atoms with Gasteiger partial charge in [0.2, 0.25) is 0 Å². The number of aryl methyl sites for hydroxylation is 1. The maximum absolute atomic E-state index is 8.77. The van der Waals surface area contributed by atoms with Crippen LogP contribution in [0.4, 0.5) is 0 Å². The number of rotatable bonds is 4. The Morgan fingerprint density at radius 1 is 0.676 bits per heavy atom. The van der Waals surface area contributed by atoms with Crippen molar-refractivity contribution in [3.05, 3.63) is 127 Å². The molecule has 0 amide bonds. The van der Waals surface area contributed by atoms with Gasteiger partial charge >= 0.3 is 0 Å². The van der Waals surface area contributed by atoms with Gasteiger partial charge in [0.1, 0.15) is 5.82 Å². The van der Waals surface area contributed by atoms with E-state index in [1.165, 1.54) is 0 Å². The maximum atomic E-state index is 8.77. The highest BCUT2D eigenvalue weighted by atomic mass is 15.1. The molecular formula is C34H25N3. The minimum Gasteiger partial charge on any atom is -0.295 e. The van der Waals surface area contributed by atoms with Crippen LogP contribution in [0, 0.1) is 0 Å². The maximum Gasteiger partial charge on any atom is 0.114 e. The summed E-state index contributed by atoms with van der Waals surface area (Å²) in [6.45, 7) is -2.93. The molecule has 0 saturated carbocycles. The minimum absolute atomic E-state index is 0.149. The van der Waals surface area contributed by atoms with Crippen molar-refractivity contribution < 1.29 is 6.85 Å². The van der Waals surface area contributed by atoms with Crippen LogP contribution in [0.25, 0.3) is 60.5 Å². The number of imidazole rings is 1. The quantitative estimate of drug-likeness (QED) is 0.236. The summed E-state index contributed by atoms with van der Waals surface area (Å²) in [5.74, 6) is -0.149. The molecule has 3 nitrogen and oxygen atoms in total. The molecule has 176 valence electrons. The largest absolute Gasteiger partial charge is 0.295 e. The standard InChI is InChI=1S/C34H25N3/c1-2-32-36-30-17-9-10-18-31(30)37(32)34-28-15-7-5-13-26(28)33(27-14-6-8-16-29(27)34)25-12-4-3-11-24(25)23-19-21-35-22-20-23/h3-22H,2H2,1H3/i1D3,2D2. The number of fused-ring (bicyclic) bond motifs is 3. The van der Waals surface area contributed by atoms with Crippen molar-refractivity contribution in [2.24, 2.45) is 0 Å². The van der Waals surface area contributed by atoms with E-state index in [1.54, 1.807) is 23.0 Å². The molecule has 0 spiro atoms. The number of nitrogens with zero attached hydrogens (tertiary/aromatic N) is 3. The van der Waals surface area contributed by atoms with Crippen molar-refractivity contribution in [3.63, 3.8) is 0 Å². The molecule has 0 fully saturated rings. The molecular weight excluding hydrogens is 450 g/mol. The lowest BCUT2D eigenvalue weighted by molar-refractivity contribution is 0.917. The fourth-order valence-corrected chi connectivity index (χ4v) is 5.46. The van der Waals surface area contributed by atoms with Gasteiger partial charge in [0.15, 0.2) is 0 Å². The number of aromatic nitrogens is 3. The Bertz CT molecular complexity index is 2060. The first-order valence-electron chi connectivity index (χ1n) is 14.7. The topological polar surface area (TPSA) is 30.7 Å². The number of hydrogen-bond donors (Lipinski definition) is 0. The van der Waals surface area contributed by atoms with Gasteiger partial charge in [0.05, 0.1) is 16.7 Å². The number of benzene rings is 5. The fraction of sp³-hybridized carbons (Fsp3) is 0.0588. The highest BCUT2D eigenvalue weighted by Gasteiger charge is 2.21. The van der Waals surface area contributed by atoms with Crippen molar-refractivity contribution in [1.29, 1.82) is 0 Å². The zero-order chi connectivity index (χ0) is 29.1. The minimum atomic E-state index is -2.93. The average molecular weight is 481 g/mol. The molecule has 0 aliphatic carbocycles. The Hall–Kier alpha value is -4.76. The lowest BCUT2D eigenvalue weighted by Crippen LogP contribution is -2.03. The first kappa shape index (κ1) is 16.8. The second kappa shape index (κ2) is 8.72. The number of para-hydroxylation sites is 2. The van der Waals surface area contributed by atoms with Gasteiger partial charge in [0, 0.05) is 36.4 Å². The summed E-state index contributed by atoms with van der Waals surface area (Å²) in [5, 5.41) is 3.65. The molecule has 37 heavy (non-hydrogen) atoms. The van der Waals surface area contributed by atoms with Crippen LogP contribution in [0.5, 0.6) is 0 Å². The van der Waals surface area contributed by atoms with Gasteiger partial charge in [-0.1, -0.05) is 91.8 Å². The Balaban J connectivity index is 1.66. The van der Waals surface area contributed by atoms with E-state index in [0.717, 1.165) is 43.8 Å². The molecule has 0 radical (unpaired) electrons. The van der Waals surface area contributed by atoms with Crippen LogP contribution in [-0.2, 0) is 6.37 Å². The van der Waals surface area contributed by atoms with Crippen molar-refractivity contribution in [2.75, 3.05) is 0 Å². The van der Waals surface area contributed by atoms with Crippen LogP contribution in [-0.4, -0.2) is 14.5 Å². The van der Waals surface area contributed by atoms with E-state index in [4.69, 9.17) is 6.85 Å². The fourth-order valence-electron chi connectivity index (χ4n) is 5.46. The van der Waals surface area contributed by atoms with Crippen LogP contribution < -0.4 is 0 Å². The molecule has 0 saturated heterocycles. The van der Waals surface area contributed by atoms with E-state index in [2.05, 4.69) is 34.2 Å². The normalized spacial score (nSPS) is 14.2. The van der Waals surface area contributed by atoms with E-state index >= 15 is 0 Å². The Morgan fingerprint density at radius 2 is 1.27 bits per heavy atom. The summed E-state index contributed by atoms with van der Waals surface area (Å²) in [6.07, 6.45) is 0.868. The lowest BCUT2D eigenvalue weighted by atomic mass is 9.87. The average Bonchev–Trinajstić information content (AvgIpc) is 3.40. The molecule has 3 heteroatoms. The lowest BCUT2D eigenvalue weighted by Gasteiger charge is -2.21. The third kappa shape index (κ3) is 3.35. The predicted molar refractivity (Wildman–Crippen MR) is 154 cm³/mol. The summed E-state index contributed by atoms with van der Waals surface area (Å²) in [5.41, 5.74) is 6.07. The van der Waals surface area contributed by atoms with Crippen LogP contribution in [0.1, 0.15) is 19.5 Å². The third-order valence-electron chi connectivity index (χ3n) is 6.99. The predicted octanol–water partition coefficient (Wildman–Crippen LogP) is 8.62. The van der Waals surface area contributed by atoms with E-state index in [1.807, 2.05) is 78.9 Å². The molecule has 7 aromatic rings. The molecule has 2 aromatic heterocycles. The first-order chi connectivity index (χ1) is 20.3. The monoisotopic (exact) mass is 480 g/mol. The van der Waals surface area contributed by atoms with E-state index in [-0.39, 0.29) is 5.82 Å². The molecule has 0 N–H and O–H groups in total. The smallest absolute Gasteiger partial charge is 0.114 e. The van der Waals surface area contributed by atoms with Gasteiger partial charge in [-0.3, -0.25) is 9.55 Å². The molecule has 0 bridgehead atoms. The SMILES string of the molecule is [2H]C([2H])([2H])C([2H])([2H])c1nc2ccccc2n1-c1c2ccccc2c(-c2ccccc2-c2ccncc2)c2ccccc12. The Morgan fingerprint density at radius 3 is 1.97 bits per heavy atom. The molecule has 0 aliphatic heterocycles. The van der Waals surface area contributed by atoms with Gasteiger partial charge < -0.3 is 0 Å². The van der Waals surface area contributed by atoms with Crippen LogP contribution in [0.2, 0.25) is 0 Å². The highest BCUT2D eigenvalue weighted by Crippen LogP contribution is 2.44. The van der Waals surface area contributed by atoms with Crippen molar-refractivity contribution >= 4 is 32.6 Å². The third-order valence-corrected chi connectivity index (χ3v) is 6.99. The van der Waals surface area contributed by atoms with Crippen LogP contribution in [0.15, 0.2) is 122 Å². The Kier molecular flexibility index (Phi) is 3.97. The second-order valence-electron chi connectivity index (χ2n) is 8.98. The highest BCUT2D eigenvalue weighted by molar-refractivity contribution is 6.19. The first-order valence-corrected chi connectivity index (χ1v) is 12.2. The van der Waals surface area contributed by atoms with Gasteiger partial charge in [-0.25, -0.2) is 4.98 Å². The molecule has 5 aromatic carbocycles. The van der Waals surface area contributed by atoms with Crippen LogP contribution >= 0.6 is 0 Å². The van der Waals surface area contributed by atoms with Gasteiger partial charge in [-0.05, 0) is 57.3 Å². The van der Waals surface area contributed by atoms with E-state index < -0.39 is 13.2 Å². The van der Waals surface area contributed by atoms with Crippen LogP contribution in [0.3, 0.4) is 0 Å². The van der Waals surface area contributed by atoms with Crippen molar-refractivity contribution in [3.8, 4) is 27.9 Å². The van der Waals surface area contributed by atoms with Gasteiger partial charge in [-0.2, -0.15) is 0 Å². The molecule has 2 heterocycles. The van der Waals surface area contributed by atoms with E-state index in [0.29, 0.717) is 16.7 Å². The summed E-state index contributed by atoms with van der Waals surface area (Å²) < 4.78 is 43.5. The zero-order valence-corrected chi connectivity index (χ0v) is 19.9. The molecule has 0 unspecified atom stereocenters. The summed E-state index contributed by atoms with van der Waals surface area (Å²) >= 11 is 0. The van der Waals surface area contributed by atoms with E-state index in [9.17, 15) is 0 Å². The molecule has 0 atom stereocenters. The zero-order valence-electron chi connectivity index (χ0n) is 24.9. The van der Waals surface area contributed by atoms with Gasteiger partial charge in [0.25, 0.3) is 0 Å². The number of pyridine rings is 1. The summed E-state index contributed by atoms with van der Waals surface area (Å²) in [7, 11) is 0. The molecule has 7 rings (SSSR count). The second-order valence-corrected chi connectivity index (χ2v) is 8.98. The summed E-state index contributed by atoms with van der Waals surface area (Å²) in [4.78, 5) is 8.80. The molecule has 0 aliphatic rings.